The molecule has 0 fully saturated rings. The lowest BCUT2D eigenvalue weighted by Gasteiger charge is -2.21. The first-order valence-electron chi connectivity index (χ1n) is 6.19. The van der Waals surface area contributed by atoms with Crippen LogP contribution >= 0.6 is 28.3 Å². The van der Waals surface area contributed by atoms with Gasteiger partial charge >= 0.3 is 0 Å². The number of aromatic nitrogens is 1. The maximum Gasteiger partial charge on any atom is 0.0665 e. The maximum absolute atomic E-state index is 4.70. The largest absolute Gasteiger partial charge is 0.337 e. The van der Waals surface area contributed by atoms with Crippen LogP contribution < -0.4 is 0 Å². The molecule has 18 heavy (non-hydrogen) atoms. The standard InChI is InChI=1S/C14H13BrN2.ClH/c15-9-4-5-13-11(8-9)10-2-1-3-12-14(10)17(13)7-6-16-12;/h4-5,8H,1-3,6-7H2;1H. The average Bonchev–Trinajstić information content (AvgIpc) is 2.67. The molecule has 0 bridgehead atoms. The van der Waals surface area contributed by atoms with E-state index in [0.29, 0.717) is 0 Å². The molecule has 0 saturated heterocycles. The van der Waals surface area contributed by atoms with Crippen molar-refractivity contribution in [2.45, 2.75) is 25.8 Å². The second-order valence-corrected chi connectivity index (χ2v) is 5.74. The minimum atomic E-state index is 0. The van der Waals surface area contributed by atoms with Crippen molar-refractivity contribution in [1.29, 1.82) is 0 Å². The second kappa shape index (κ2) is 4.39. The van der Waals surface area contributed by atoms with Crippen LogP contribution in [0.2, 0.25) is 0 Å². The summed E-state index contributed by atoms with van der Waals surface area (Å²) < 4.78 is 3.65. The normalized spacial score (nSPS) is 17.1. The van der Waals surface area contributed by atoms with Crippen LogP contribution in [0.15, 0.2) is 27.7 Å². The van der Waals surface area contributed by atoms with Gasteiger partial charge in [0.05, 0.1) is 18.0 Å². The topological polar surface area (TPSA) is 17.3 Å². The summed E-state index contributed by atoms with van der Waals surface area (Å²) >= 11 is 3.58. The van der Waals surface area contributed by atoms with Crippen LogP contribution in [0.3, 0.4) is 0 Å². The molecule has 1 aromatic heterocycles. The third kappa shape index (κ3) is 1.57. The highest BCUT2D eigenvalue weighted by atomic mass is 79.9. The number of aryl methyl sites for hydroxylation is 1. The van der Waals surface area contributed by atoms with Gasteiger partial charge in [-0.3, -0.25) is 4.99 Å². The van der Waals surface area contributed by atoms with E-state index in [9.17, 15) is 0 Å². The van der Waals surface area contributed by atoms with Crippen molar-refractivity contribution in [3.05, 3.63) is 33.9 Å². The van der Waals surface area contributed by atoms with E-state index in [4.69, 9.17) is 4.99 Å². The number of fused-ring (bicyclic) bond motifs is 3. The minimum Gasteiger partial charge on any atom is -0.337 e. The molecule has 2 aromatic rings. The van der Waals surface area contributed by atoms with Gasteiger partial charge < -0.3 is 4.57 Å². The van der Waals surface area contributed by atoms with Crippen LogP contribution in [0.25, 0.3) is 10.9 Å². The van der Waals surface area contributed by atoms with E-state index in [0.717, 1.165) is 19.5 Å². The van der Waals surface area contributed by atoms with Gasteiger partial charge in [0.25, 0.3) is 0 Å². The number of halogens is 2. The zero-order chi connectivity index (χ0) is 11.4. The molecule has 0 N–H and O–H groups in total. The van der Waals surface area contributed by atoms with E-state index in [-0.39, 0.29) is 12.4 Å². The van der Waals surface area contributed by atoms with Crippen molar-refractivity contribution in [1.82, 2.24) is 4.57 Å². The van der Waals surface area contributed by atoms with Gasteiger partial charge in [0.2, 0.25) is 0 Å². The molecule has 1 aliphatic carbocycles. The Labute approximate surface area is 121 Å². The van der Waals surface area contributed by atoms with Gasteiger partial charge in [0.1, 0.15) is 0 Å². The Hall–Kier alpha value is -0.800. The zero-order valence-electron chi connectivity index (χ0n) is 9.95. The first-order valence-corrected chi connectivity index (χ1v) is 6.98. The highest BCUT2D eigenvalue weighted by Crippen LogP contribution is 2.35. The van der Waals surface area contributed by atoms with Gasteiger partial charge in [-0.05, 0) is 43.0 Å². The van der Waals surface area contributed by atoms with E-state index in [1.807, 2.05) is 0 Å². The number of hydrogen-bond acceptors (Lipinski definition) is 1. The summed E-state index contributed by atoms with van der Waals surface area (Å²) in [4.78, 5) is 4.70. The van der Waals surface area contributed by atoms with E-state index >= 15 is 0 Å². The van der Waals surface area contributed by atoms with Gasteiger partial charge in [0.15, 0.2) is 0 Å². The molecule has 0 saturated carbocycles. The molecule has 2 nitrogen and oxygen atoms in total. The van der Waals surface area contributed by atoms with Crippen molar-refractivity contribution in [3.63, 3.8) is 0 Å². The average molecular weight is 326 g/mol. The summed E-state index contributed by atoms with van der Waals surface area (Å²) in [6.45, 7) is 1.98. The van der Waals surface area contributed by atoms with E-state index in [1.165, 1.54) is 45.2 Å². The quantitative estimate of drug-likeness (QED) is 0.697. The lowest BCUT2D eigenvalue weighted by molar-refractivity contribution is 0.682. The Balaban J connectivity index is 0.000001000. The maximum atomic E-state index is 4.70. The van der Waals surface area contributed by atoms with Crippen molar-refractivity contribution in [2.75, 3.05) is 6.54 Å². The third-order valence-electron chi connectivity index (χ3n) is 3.87. The van der Waals surface area contributed by atoms with Gasteiger partial charge in [-0.15, -0.1) is 12.4 Å². The Morgan fingerprint density at radius 1 is 1.22 bits per heavy atom. The minimum absolute atomic E-state index is 0. The summed E-state index contributed by atoms with van der Waals surface area (Å²) in [7, 11) is 0. The highest BCUT2D eigenvalue weighted by Gasteiger charge is 2.26. The first kappa shape index (κ1) is 12.2. The summed E-state index contributed by atoms with van der Waals surface area (Å²) in [5.41, 5.74) is 5.67. The van der Waals surface area contributed by atoms with Crippen molar-refractivity contribution < 1.29 is 0 Å². The van der Waals surface area contributed by atoms with Crippen molar-refractivity contribution in [2.24, 2.45) is 4.99 Å². The van der Waals surface area contributed by atoms with Gasteiger partial charge in [0, 0.05) is 21.9 Å². The molecule has 0 amide bonds. The molecular formula is C14H14BrClN2. The van der Waals surface area contributed by atoms with Crippen molar-refractivity contribution >= 4 is 45.0 Å². The van der Waals surface area contributed by atoms with Crippen LogP contribution in [0.4, 0.5) is 0 Å². The Kier molecular flexibility index (Phi) is 2.99. The summed E-state index contributed by atoms with van der Waals surface area (Å²) in [5, 5.41) is 1.42. The lowest BCUT2D eigenvalue weighted by Crippen LogP contribution is -2.22. The predicted molar refractivity (Wildman–Crippen MR) is 81.2 cm³/mol. The van der Waals surface area contributed by atoms with Gasteiger partial charge in [-0.25, -0.2) is 0 Å². The third-order valence-corrected chi connectivity index (χ3v) is 4.36. The smallest absolute Gasteiger partial charge is 0.0665 e. The lowest BCUT2D eigenvalue weighted by atomic mass is 9.93. The fourth-order valence-corrected chi connectivity index (χ4v) is 3.56. The molecule has 0 spiro atoms. The van der Waals surface area contributed by atoms with Crippen LogP contribution in [-0.2, 0) is 13.0 Å². The number of hydrogen-bond donors (Lipinski definition) is 0. The molecule has 4 rings (SSSR count). The Bertz CT molecular complexity index is 657. The van der Waals surface area contributed by atoms with Gasteiger partial charge in [-0.1, -0.05) is 15.9 Å². The number of nitrogens with zero attached hydrogens (tertiary/aromatic N) is 2. The number of rotatable bonds is 0. The van der Waals surface area contributed by atoms with Crippen molar-refractivity contribution in [3.8, 4) is 0 Å². The molecule has 0 unspecified atom stereocenters. The van der Waals surface area contributed by atoms with Crippen LogP contribution in [0.1, 0.15) is 24.1 Å². The molecule has 1 aliphatic heterocycles. The first-order chi connectivity index (χ1) is 8.34. The van der Waals surface area contributed by atoms with Crippen LogP contribution in [0.5, 0.6) is 0 Å². The zero-order valence-corrected chi connectivity index (χ0v) is 12.4. The fourth-order valence-electron chi connectivity index (χ4n) is 3.20. The van der Waals surface area contributed by atoms with E-state index < -0.39 is 0 Å². The number of benzene rings is 1. The van der Waals surface area contributed by atoms with Gasteiger partial charge in [-0.2, -0.15) is 0 Å². The summed E-state index contributed by atoms with van der Waals surface area (Å²) in [6.07, 6.45) is 3.61. The molecule has 94 valence electrons. The van der Waals surface area contributed by atoms with Crippen LogP contribution in [-0.4, -0.2) is 16.8 Å². The number of aliphatic imine (C=N–C) groups is 1. The molecule has 0 radical (unpaired) electrons. The summed E-state index contributed by atoms with van der Waals surface area (Å²) in [5.74, 6) is 0. The SMILES string of the molecule is Brc1ccc2c(c1)c1c3n2CCN=C3CCC1.Cl. The highest BCUT2D eigenvalue weighted by molar-refractivity contribution is 9.10. The monoisotopic (exact) mass is 324 g/mol. The Morgan fingerprint density at radius 3 is 3.00 bits per heavy atom. The second-order valence-electron chi connectivity index (χ2n) is 4.82. The van der Waals surface area contributed by atoms with E-state index in [2.05, 4.69) is 38.7 Å². The summed E-state index contributed by atoms with van der Waals surface area (Å²) in [6, 6.07) is 6.64. The van der Waals surface area contributed by atoms with Crippen LogP contribution in [0, 0.1) is 0 Å². The molecule has 1 aromatic carbocycles. The fraction of sp³-hybridized carbons (Fsp3) is 0.357. The molecule has 0 atom stereocenters. The molecule has 4 heteroatoms. The molecule has 2 aliphatic rings. The molecule has 2 heterocycles. The van der Waals surface area contributed by atoms with E-state index in [1.54, 1.807) is 0 Å². The predicted octanol–water partition coefficient (Wildman–Crippen LogP) is 3.96. The Morgan fingerprint density at radius 2 is 2.11 bits per heavy atom. The molecular weight excluding hydrogens is 312 g/mol.